The Morgan fingerprint density at radius 1 is 1.40 bits per heavy atom. The summed E-state index contributed by atoms with van der Waals surface area (Å²) in [5.41, 5.74) is 1.33. The van der Waals surface area contributed by atoms with Crippen LogP contribution in [0.5, 0.6) is 0 Å². The molecule has 0 N–H and O–H groups in total. The summed E-state index contributed by atoms with van der Waals surface area (Å²) < 4.78 is 2.86. The number of benzene rings is 1. The number of rotatable bonds is 3. The van der Waals surface area contributed by atoms with Gasteiger partial charge in [0.1, 0.15) is 0 Å². The third-order valence-electron chi connectivity index (χ3n) is 2.47. The Hall–Kier alpha value is -0.561. The maximum atomic E-state index is 10.8. The number of hydrogen-bond donors (Lipinski definition) is 0. The summed E-state index contributed by atoms with van der Waals surface area (Å²) in [5.74, 6) is 0. The zero-order chi connectivity index (χ0) is 10.8. The first kappa shape index (κ1) is 10.9. The molecule has 2 rings (SSSR count). The molecule has 0 aliphatic rings. The molecular formula is C12H11ClOSe. The zero-order valence-corrected chi connectivity index (χ0v) is 10.9. The van der Waals surface area contributed by atoms with Gasteiger partial charge in [0.25, 0.3) is 0 Å². The summed E-state index contributed by atoms with van der Waals surface area (Å²) in [7, 11) is 0. The summed E-state index contributed by atoms with van der Waals surface area (Å²) in [6.07, 6.45) is 1.23. The van der Waals surface area contributed by atoms with Crippen molar-refractivity contribution in [3.8, 4) is 0 Å². The molecule has 2 aromatic rings. The third kappa shape index (κ3) is 2.34. The van der Waals surface area contributed by atoms with Crippen molar-refractivity contribution in [2.75, 3.05) is 0 Å². The van der Waals surface area contributed by atoms with Gasteiger partial charge in [0.15, 0.2) is 0 Å². The van der Waals surface area contributed by atoms with Crippen molar-refractivity contribution >= 4 is 41.0 Å². The second-order valence-electron chi connectivity index (χ2n) is 3.49. The number of carbonyl (C=O) groups excluding carboxylic acids is 1. The van der Waals surface area contributed by atoms with E-state index in [0.717, 1.165) is 6.42 Å². The van der Waals surface area contributed by atoms with Crippen molar-refractivity contribution in [3.63, 3.8) is 0 Å². The van der Waals surface area contributed by atoms with Gasteiger partial charge in [-0.15, -0.1) is 0 Å². The van der Waals surface area contributed by atoms with Crippen LogP contribution in [-0.4, -0.2) is 19.7 Å². The van der Waals surface area contributed by atoms with Gasteiger partial charge < -0.3 is 0 Å². The number of halogens is 1. The minimum atomic E-state index is -0.243. The Labute approximate surface area is 99.8 Å². The Morgan fingerprint density at radius 3 is 2.87 bits per heavy atom. The molecule has 0 bridgehead atoms. The number of carbonyl (C=O) groups is 1. The fourth-order valence-electron chi connectivity index (χ4n) is 1.76. The van der Waals surface area contributed by atoms with Crippen LogP contribution in [0.2, 0.25) is 0 Å². The molecule has 1 aromatic carbocycles. The van der Waals surface area contributed by atoms with Crippen LogP contribution in [0, 0.1) is 6.92 Å². The van der Waals surface area contributed by atoms with E-state index in [-0.39, 0.29) is 5.24 Å². The van der Waals surface area contributed by atoms with E-state index in [4.69, 9.17) is 11.6 Å². The van der Waals surface area contributed by atoms with E-state index in [9.17, 15) is 4.79 Å². The number of fused-ring (bicyclic) bond motifs is 1. The maximum absolute atomic E-state index is 10.8. The molecular weight excluding hydrogens is 275 g/mol. The van der Waals surface area contributed by atoms with Crippen LogP contribution in [0.15, 0.2) is 24.3 Å². The molecule has 3 heteroatoms. The molecule has 0 unspecified atom stereocenters. The van der Waals surface area contributed by atoms with Gasteiger partial charge in [-0.05, 0) is 0 Å². The van der Waals surface area contributed by atoms with E-state index in [1.165, 1.54) is 19.6 Å². The van der Waals surface area contributed by atoms with E-state index in [1.807, 2.05) is 0 Å². The van der Waals surface area contributed by atoms with Gasteiger partial charge in [0, 0.05) is 0 Å². The first-order chi connectivity index (χ1) is 7.18. The van der Waals surface area contributed by atoms with Crippen molar-refractivity contribution in [2.45, 2.75) is 19.8 Å². The topological polar surface area (TPSA) is 17.1 Å². The Bertz CT molecular complexity index is 501. The average molecular weight is 286 g/mol. The molecule has 0 radical (unpaired) electrons. The number of hydrogen-bond acceptors (Lipinski definition) is 1. The van der Waals surface area contributed by atoms with Gasteiger partial charge in [-0.2, -0.15) is 0 Å². The van der Waals surface area contributed by atoms with Gasteiger partial charge in [0.2, 0.25) is 0 Å². The molecule has 1 nitrogen and oxygen atoms in total. The van der Waals surface area contributed by atoms with E-state index < -0.39 is 0 Å². The molecule has 0 aliphatic carbocycles. The molecule has 78 valence electrons. The molecule has 15 heavy (non-hydrogen) atoms. The van der Waals surface area contributed by atoms with Gasteiger partial charge in [-0.1, -0.05) is 0 Å². The van der Waals surface area contributed by atoms with Gasteiger partial charge in [-0.25, -0.2) is 0 Å². The second-order valence-corrected chi connectivity index (χ2v) is 6.55. The molecule has 0 spiro atoms. The van der Waals surface area contributed by atoms with Crippen LogP contribution in [0.3, 0.4) is 0 Å². The van der Waals surface area contributed by atoms with Gasteiger partial charge in [-0.3, -0.25) is 0 Å². The molecule has 0 saturated carbocycles. The van der Waals surface area contributed by atoms with E-state index in [1.54, 1.807) is 0 Å². The molecule has 0 amide bonds. The summed E-state index contributed by atoms with van der Waals surface area (Å²) >= 11 is 5.82. The molecule has 0 atom stereocenters. The summed E-state index contributed by atoms with van der Waals surface area (Å²) in [5, 5.41) is 1.08. The van der Waals surface area contributed by atoms with Crippen LogP contribution in [0.1, 0.15) is 16.4 Å². The zero-order valence-electron chi connectivity index (χ0n) is 8.42. The van der Waals surface area contributed by atoms with Crippen molar-refractivity contribution in [3.05, 3.63) is 34.3 Å². The quantitative estimate of drug-likeness (QED) is 0.626. The predicted octanol–water partition coefficient (Wildman–Crippen LogP) is 2.90. The van der Waals surface area contributed by atoms with E-state index >= 15 is 0 Å². The van der Waals surface area contributed by atoms with Gasteiger partial charge >= 0.3 is 99.8 Å². The van der Waals surface area contributed by atoms with Crippen molar-refractivity contribution in [2.24, 2.45) is 0 Å². The van der Waals surface area contributed by atoms with Crippen molar-refractivity contribution in [1.82, 2.24) is 0 Å². The normalized spacial score (nSPS) is 10.8. The monoisotopic (exact) mass is 286 g/mol. The average Bonchev–Trinajstić information content (AvgIpc) is 2.50. The first-order valence-electron chi connectivity index (χ1n) is 4.84. The Kier molecular flexibility index (Phi) is 3.30. The first-order valence-corrected chi connectivity index (χ1v) is 6.93. The van der Waals surface area contributed by atoms with E-state index in [0.29, 0.717) is 20.9 Å². The van der Waals surface area contributed by atoms with Crippen LogP contribution >= 0.6 is 11.6 Å². The SMILES string of the molecule is Cc1[se]c2ccccc2c1CCC(=O)Cl. The minimum absolute atomic E-state index is 0.243. The standard InChI is InChI=1S/C12H11ClOSe/c1-8-9(6-7-12(13)14)10-4-2-3-5-11(10)15-8/h2-5H,6-7H2,1H3. The van der Waals surface area contributed by atoms with E-state index in [2.05, 4.69) is 31.2 Å². The molecule has 1 aromatic heterocycles. The molecule has 0 fully saturated rings. The molecule has 0 saturated heterocycles. The third-order valence-corrected chi connectivity index (χ3v) is 5.03. The fraction of sp³-hybridized carbons (Fsp3) is 0.250. The number of aryl methyl sites for hydroxylation is 2. The Morgan fingerprint density at radius 2 is 2.13 bits per heavy atom. The summed E-state index contributed by atoms with van der Waals surface area (Å²) in [6.45, 7) is 2.16. The van der Waals surface area contributed by atoms with Crippen LogP contribution in [0.25, 0.3) is 9.65 Å². The predicted molar refractivity (Wildman–Crippen MR) is 64.8 cm³/mol. The van der Waals surface area contributed by atoms with Crippen LogP contribution < -0.4 is 0 Å². The van der Waals surface area contributed by atoms with Gasteiger partial charge in [0.05, 0.1) is 0 Å². The van der Waals surface area contributed by atoms with Crippen LogP contribution in [0.4, 0.5) is 0 Å². The molecule has 1 heterocycles. The Balaban J connectivity index is 2.40. The molecule has 0 aliphatic heterocycles. The second kappa shape index (κ2) is 4.52. The summed E-state index contributed by atoms with van der Waals surface area (Å²) in [6, 6.07) is 8.44. The fourth-order valence-corrected chi connectivity index (χ4v) is 4.18. The summed E-state index contributed by atoms with van der Waals surface area (Å²) in [4.78, 5) is 10.8. The van der Waals surface area contributed by atoms with Crippen molar-refractivity contribution < 1.29 is 4.79 Å². The van der Waals surface area contributed by atoms with Crippen LogP contribution in [-0.2, 0) is 11.2 Å². The van der Waals surface area contributed by atoms with Crippen molar-refractivity contribution in [1.29, 1.82) is 0 Å².